The maximum Gasteiger partial charge on any atom is 0.191 e. The number of guanidine groups is 1. The zero-order valence-electron chi connectivity index (χ0n) is 14.9. The van der Waals surface area contributed by atoms with Gasteiger partial charge in [0.25, 0.3) is 0 Å². The van der Waals surface area contributed by atoms with Gasteiger partial charge in [0.15, 0.2) is 5.96 Å². The highest BCUT2D eigenvalue weighted by Gasteiger charge is 2.00. The second-order valence-electron chi connectivity index (χ2n) is 5.79. The molecule has 1 aromatic rings. The second-order valence-corrected chi connectivity index (χ2v) is 5.79. The molecule has 0 aliphatic carbocycles. The van der Waals surface area contributed by atoms with Gasteiger partial charge in [-0.15, -0.1) is 0 Å². The van der Waals surface area contributed by atoms with Gasteiger partial charge in [-0.05, 0) is 37.0 Å². The molecule has 0 amide bonds. The van der Waals surface area contributed by atoms with Gasteiger partial charge in [0, 0.05) is 20.2 Å². The Bertz CT molecular complexity index is 444. The number of nitrogens with zero attached hydrogens (tertiary/aromatic N) is 1. The summed E-state index contributed by atoms with van der Waals surface area (Å²) in [4.78, 5) is 4.62. The first-order valence-corrected chi connectivity index (χ1v) is 8.38. The first-order valence-electron chi connectivity index (χ1n) is 8.38. The van der Waals surface area contributed by atoms with Gasteiger partial charge < -0.3 is 20.1 Å². The minimum absolute atomic E-state index is 0.568. The van der Waals surface area contributed by atoms with Gasteiger partial charge in [-0.3, -0.25) is 0 Å². The van der Waals surface area contributed by atoms with Crippen molar-refractivity contribution in [1.29, 1.82) is 0 Å². The second kappa shape index (κ2) is 11.8. The van der Waals surface area contributed by atoms with Crippen molar-refractivity contribution < 1.29 is 9.47 Å². The smallest absolute Gasteiger partial charge is 0.191 e. The molecule has 23 heavy (non-hydrogen) atoms. The van der Waals surface area contributed by atoms with Crippen LogP contribution in [-0.2, 0) is 11.3 Å². The third-order valence-corrected chi connectivity index (χ3v) is 3.26. The maximum absolute atomic E-state index is 5.56. The molecule has 0 aliphatic heterocycles. The lowest BCUT2D eigenvalue weighted by atomic mass is 10.1. The molecule has 0 spiro atoms. The minimum atomic E-state index is 0.568. The summed E-state index contributed by atoms with van der Waals surface area (Å²) in [6.07, 6.45) is 1.14. The van der Waals surface area contributed by atoms with Crippen LogP contribution in [0.5, 0.6) is 5.75 Å². The van der Waals surface area contributed by atoms with Crippen LogP contribution < -0.4 is 15.4 Å². The Morgan fingerprint density at radius 3 is 2.48 bits per heavy atom. The average Bonchev–Trinajstić information content (AvgIpc) is 2.54. The van der Waals surface area contributed by atoms with Crippen LogP contribution in [0.1, 0.15) is 32.8 Å². The lowest BCUT2D eigenvalue weighted by Crippen LogP contribution is -2.38. The molecule has 130 valence electrons. The summed E-state index contributed by atoms with van der Waals surface area (Å²) in [5.41, 5.74) is 1.16. The first-order chi connectivity index (χ1) is 11.2. The van der Waals surface area contributed by atoms with Crippen LogP contribution >= 0.6 is 0 Å². The SMILES string of the molecule is CCNC(=NCc1ccc(OCCOC)cc1)NCCC(C)C. The lowest BCUT2D eigenvalue weighted by molar-refractivity contribution is 0.146. The normalized spacial score (nSPS) is 11.6. The number of aliphatic imine (C=N–C) groups is 1. The van der Waals surface area contributed by atoms with E-state index in [0.29, 0.717) is 25.7 Å². The molecule has 0 fully saturated rings. The van der Waals surface area contributed by atoms with Gasteiger partial charge in [-0.2, -0.15) is 0 Å². The fourth-order valence-electron chi connectivity index (χ4n) is 1.93. The lowest BCUT2D eigenvalue weighted by Gasteiger charge is -2.12. The molecule has 0 aromatic heterocycles. The van der Waals surface area contributed by atoms with Crippen molar-refractivity contribution in [3.8, 4) is 5.75 Å². The van der Waals surface area contributed by atoms with E-state index in [2.05, 4.69) is 36.4 Å². The largest absolute Gasteiger partial charge is 0.491 e. The molecule has 0 bridgehead atoms. The molecule has 2 N–H and O–H groups in total. The van der Waals surface area contributed by atoms with Crippen LogP contribution in [0, 0.1) is 5.92 Å². The van der Waals surface area contributed by atoms with E-state index < -0.39 is 0 Å². The molecular formula is C18H31N3O2. The molecule has 1 rings (SSSR count). The Morgan fingerprint density at radius 2 is 1.87 bits per heavy atom. The summed E-state index contributed by atoms with van der Waals surface area (Å²) in [5, 5.41) is 6.64. The van der Waals surface area contributed by atoms with Crippen molar-refractivity contribution in [2.75, 3.05) is 33.4 Å². The highest BCUT2D eigenvalue weighted by atomic mass is 16.5. The highest BCUT2D eigenvalue weighted by Crippen LogP contribution is 2.12. The van der Waals surface area contributed by atoms with Crippen molar-refractivity contribution in [2.45, 2.75) is 33.7 Å². The van der Waals surface area contributed by atoms with E-state index in [1.807, 2.05) is 24.3 Å². The Labute approximate surface area is 140 Å². The standard InChI is InChI=1S/C18H31N3O2/c1-5-19-18(20-11-10-15(2)3)21-14-16-6-8-17(9-7-16)23-13-12-22-4/h6-9,15H,5,10-14H2,1-4H3,(H2,19,20,21). The van der Waals surface area contributed by atoms with Crippen LogP contribution in [0.25, 0.3) is 0 Å². The number of benzene rings is 1. The number of hydrogen-bond donors (Lipinski definition) is 2. The van der Waals surface area contributed by atoms with Gasteiger partial charge in [0.2, 0.25) is 0 Å². The summed E-state index contributed by atoms with van der Waals surface area (Å²) in [6, 6.07) is 8.03. The van der Waals surface area contributed by atoms with E-state index >= 15 is 0 Å². The van der Waals surface area contributed by atoms with Crippen LogP contribution in [0.15, 0.2) is 29.3 Å². The van der Waals surface area contributed by atoms with Crippen molar-refractivity contribution in [3.05, 3.63) is 29.8 Å². The van der Waals surface area contributed by atoms with Gasteiger partial charge in [-0.25, -0.2) is 4.99 Å². The van der Waals surface area contributed by atoms with Crippen molar-refractivity contribution in [2.24, 2.45) is 10.9 Å². The third-order valence-electron chi connectivity index (χ3n) is 3.26. The molecule has 0 aliphatic rings. The summed E-state index contributed by atoms with van der Waals surface area (Å²) in [5.74, 6) is 2.42. The average molecular weight is 321 g/mol. The number of nitrogens with one attached hydrogen (secondary N) is 2. The van der Waals surface area contributed by atoms with Gasteiger partial charge >= 0.3 is 0 Å². The van der Waals surface area contributed by atoms with Crippen LogP contribution in [0.3, 0.4) is 0 Å². The molecule has 0 radical (unpaired) electrons. The van der Waals surface area contributed by atoms with E-state index in [1.165, 1.54) is 0 Å². The van der Waals surface area contributed by atoms with Crippen LogP contribution in [0.4, 0.5) is 0 Å². The van der Waals surface area contributed by atoms with E-state index in [9.17, 15) is 0 Å². The monoisotopic (exact) mass is 321 g/mol. The predicted octanol–water partition coefficient (Wildman–Crippen LogP) is 2.81. The third kappa shape index (κ3) is 9.08. The Hall–Kier alpha value is -1.75. The highest BCUT2D eigenvalue weighted by molar-refractivity contribution is 5.79. The van der Waals surface area contributed by atoms with E-state index in [-0.39, 0.29) is 0 Å². The fourth-order valence-corrected chi connectivity index (χ4v) is 1.93. The van der Waals surface area contributed by atoms with Gasteiger partial charge in [0.1, 0.15) is 12.4 Å². The number of hydrogen-bond acceptors (Lipinski definition) is 3. The van der Waals surface area contributed by atoms with E-state index in [0.717, 1.165) is 36.8 Å². The first kappa shape index (κ1) is 19.3. The van der Waals surface area contributed by atoms with Crippen molar-refractivity contribution in [1.82, 2.24) is 10.6 Å². The van der Waals surface area contributed by atoms with Gasteiger partial charge in [0.05, 0.1) is 13.2 Å². The van der Waals surface area contributed by atoms with Crippen LogP contribution in [-0.4, -0.2) is 39.4 Å². The molecule has 1 aromatic carbocycles. The summed E-state index contributed by atoms with van der Waals surface area (Å²) < 4.78 is 10.5. The van der Waals surface area contributed by atoms with Gasteiger partial charge in [-0.1, -0.05) is 26.0 Å². The van der Waals surface area contributed by atoms with Crippen molar-refractivity contribution >= 4 is 5.96 Å². The number of methoxy groups -OCH3 is 1. The van der Waals surface area contributed by atoms with E-state index in [1.54, 1.807) is 7.11 Å². The summed E-state index contributed by atoms with van der Waals surface area (Å²) >= 11 is 0. The van der Waals surface area contributed by atoms with Crippen LogP contribution in [0.2, 0.25) is 0 Å². The molecule has 0 atom stereocenters. The topological polar surface area (TPSA) is 54.9 Å². The van der Waals surface area contributed by atoms with E-state index in [4.69, 9.17) is 9.47 Å². The molecular weight excluding hydrogens is 290 g/mol. The maximum atomic E-state index is 5.56. The molecule has 0 saturated carbocycles. The zero-order chi connectivity index (χ0) is 16.9. The van der Waals surface area contributed by atoms with Crippen molar-refractivity contribution in [3.63, 3.8) is 0 Å². The molecule has 0 unspecified atom stereocenters. The Balaban J connectivity index is 2.47. The Kier molecular flexibility index (Phi) is 9.87. The Morgan fingerprint density at radius 1 is 1.13 bits per heavy atom. The molecule has 0 saturated heterocycles. The summed E-state index contributed by atoms with van der Waals surface area (Å²) in [7, 11) is 1.67. The minimum Gasteiger partial charge on any atom is -0.491 e. The fraction of sp³-hybridized carbons (Fsp3) is 0.611. The predicted molar refractivity (Wildman–Crippen MR) is 96.1 cm³/mol. The number of rotatable bonds is 10. The molecule has 5 heteroatoms. The summed E-state index contributed by atoms with van der Waals surface area (Å²) in [6.45, 7) is 10.1. The molecule has 0 heterocycles. The number of ether oxygens (including phenoxy) is 2. The quantitative estimate of drug-likeness (QED) is 0.395. The molecule has 5 nitrogen and oxygen atoms in total. The zero-order valence-corrected chi connectivity index (χ0v) is 14.9.